The fourth-order valence-electron chi connectivity index (χ4n) is 2.98. The Bertz CT molecular complexity index is 519. The summed E-state index contributed by atoms with van der Waals surface area (Å²) in [4.78, 5) is 14.3. The number of ether oxygens (including phenoxy) is 2. The quantitative estimate of drug-likeness (QED) is 0.805. The Labute approximate surface area is 139 Å². The Morgan fingerprint density at radius 1 is 1.30 bits per heavy atom. The van der Waals surface area contributed by atoms with E-state index in [2.05, 4.69) is 26.0 Å². The molecule has 128 valence electrons. The van der Waals surface area contributed by atoms with Crippen molar-refractivity contribution < 1.29 is 14.3 Å². The van der Waals surface area contributed by atoms with E-state index in [1.807, 2.05) is 24.8 Å². The van der Waals surface area contributed by atoms with Crippen LogP contribution in [0.3, 0.4) is 0 Å². The van der Waals surface area contributed by atoms with Gasteiger partial charge in [-0.25, -0.2) is 0 Å². The molecule has 2 rings (SSSR count). The van der Waals surface area contributed by atoms with Crippen molar-refractivity contribution in [2.24, 2.45) is 0 Å². The number of carbonyl (C=O) groups is 1. The number of rotatable bonds is 6. The van der Waals surface area contributed by atoms with E-state index in [0.717, 1.165) is 49.4 Å². The van der Waals surface area contributed by atoms with E-state index in [4.69, 9.17) is 9.47 Å². The Morgan fingerprint density at radius 2 is 2.00 bits per heavy atom. The molecule has 0 saturated carbocycles. The predicted molar refractivity (Wildman–Crippen MR) is 92.0 cm³/mol. The van der Waals surface area contributed by atoms with E-state index in [0.29, 0.717) is 12.0 Å². The molecule has 1 aromatic rings. The summed E-state index contributed by atoms with van der Waals surface area (Å²) < 4.78 is 11.5. The summed E-state index contributed by atoms with van der Waals surface area (Å²) in [5.74, 6) is 1.27. The van der Waals surface area contributed by atoms with Crippen LogP contribution in [-0.2, 0) is 9.53 Å². The van der Waals surface area contributed by atoms with Gasteiger partial charge in [-0.15, -0.1) is 0 Å². The van der Waals surface area contributed by atoms with Crippen molar-refractivity contribution in [3.8, 4) is 5.75 Å². The summed E-state index contributed by atoms with van der Waals surface area (Å²) >= 11 is 0. The van der Waals surface area contributed by atoms with Gasteiger partial charge in [0.05, 0.1) is 6.10 Å². The lowest BCUT2D eigenvalue weighted by molar-refractivity contribution is -0.135. The van der Waals surface area contributed by atoms with Crippen LogP contribution in [0.25, 0.3) is 0 Å². The number of amides is 1. The largest absolute Gasteiger partial charge is 0.483 e. The zero-order valence-corrected chi connectivity index (χ0v) is 14.8. The number of carbonyl (C=O) groups excluding carboxylic acids is 1. The summed E-state index contributed by atoms with van der Waals surface area (Å²) in [5.41, 5.74) is 2.30. The third-order valence-electron chi connectivity index (χ3n) is 4.34. The zero-order chi connectivity index (χ0) is 16.8. The van der Waals surface area contributed by atoms with Gasteiger partial charge in [0.25, 0.3) is 5.91 Å². The second kappa shape index (κ2) is 8.34. The van der Waals surface area contributed by atoms with Gasteiger partial charge in [0.15, 0.2) is 6.61 Å². The second-order valence-electron chi connectivity index (χ2n) is 6.52. The maximum atomic E-state index is 12.4. The molecule has 0 unspecified atom stereocenters. The molecule has 0 atom stereocenters. The molecule has 1 aromatic carbocycles. The molecule has 0 bridgehead atoms. The number of hydrogen-bond donors (Lipinski definition) is 0. The van der Waals surface area contributed by atoms with E-state index in [-0.39, 0.29) is 12.5 Å². The fourth-order valence-corrected chi connectivity index (χ4v) is 2.98. The smallest absolute Gasteiger partial charge is 0.260 e. The summed E-state index contributed by atoms with van der Waals surface area (Å²) in [5, 5.41) is 0. The summed E-state index contributed by atoms with van der Waals surface area (Å²) in [6.07, 6.45) is 2.14. The lowest BCUT2D eigenvalue weighted by Crippen LogP contribution is -2.43. The SMILES string of the molecule is CCOC1CCN(C(=O)COc2cc(C)ccc2C(C)C)CC1. The second-order valence-corrected chi connectivity index (χ2v) is 6.52. The van der Waals surface area contributed by atoms with Crippen LogP contribution in [0, 0.1) is 6.92 Å². The lowest BCUT2D eigenvalue weighted by Gasteiger charge is -2.31. The highest BCUT2D eigenvalue weighted by atomic mass is 16.5. The topological polar surface area (TPSA) is 38.8 Å². The molecule has 23 heavy (non-hydrogen) atoms. The first-order valence-electron chi connectivity index (χ1n) is 8.64. The molecule has 0 spiro atoms. The van der Waals surface area contributed by atoms with Gasteiger partial charge >= 0.3 is 0 Å². The first kappa shape index (κ1) is 17.8. The first-order chi connectivity index (χ1) is 11.0. The van der Waals surface area contributed by atoms with Crippen molar-refractivity contribution in [1.29, 1.82) is 0 Å². The van der Waals surface area contributed by atoms with Crippen LogP contribution in [0.2, 0.25) is 0 Å². The van der Waals surface area contributed by atoms with Crippen molar-refractivity contribution in [2.45, 2.75) is 52.6 Å². The van der Waals surface area contributed by atoms with Crippen molar-refractivity contribution in [3.05, 3.63) is 29.3 Å². The third kappa shape index (κ3) is 4.96. The highest BCUT2D eigenvalue weighted by molar-refractivity contribution is 5.78. The average molecular weight is 319 g/mol. The minimum Gasteiger partial charge on any atom is -0.483 e. The van der Waals surface area contributed by atoms with Crippen molar-refractivity contribution in [1.82, 2.24) is 4.90 Å². The molecule has 0 N–H and O–H groups in total. The molecular weight excluding hydrogens is 290 g/mol. The molecule has 4 nitrogen and oxygen atoms in total. The van der Waals surface area contributed by atoms with Crippen molar-refractivity contribution in [3.63, 3.8) is 0 Å². The summed E-state index contributed by atoms with van der Waals surface area (Å²) in [6.45, 7) is 10.7. The number of aryl methyl sites for hydroxylation is 1. The maximum absolute atomic E-state index is 12.4. The maximum Gasteiger partial charge on any atom is 0.260 e. The molecule has 1 aliphatic heterocycles. The number of benzene rings is 1. The van der Waals surface area contributed by atoms with Crippen molar-refractivity contribution in [2.75, 3.05) is 26.3 Å². The molecule has 0 aromatic heterocycles. The molecule has 0 radical (unpaired) electrons. The highest BCUT2D eigenvalue weighted by Gasteiger charge is 2.23. The van der Waals surface area contributed by atoms with E-state index < -0.39 is 0 Å². The molecule has 1 amide bonds. The molecule has 1 aliphatic rings. The number of likely N-dealkylation sites (tertiary alicyclic amines) is 1. The van der Waals surface area contributed by atoms with Gasteiger partial charge in [-0.3, -0.25) is 4.79 Å². The van der Waals surface area contributed by atoms with E-state index in [9.17, 15) is 4.79 Å². The van der Waals surface area contributed by atoms with Crippen LogP contribution in [0.15, 0.2) is 18.2 Å². The molecule has 1 heterocycles. The number of nitrogens with zero attached hydrogens (tertiary/aromatic N) is 1. The standard InChI is InChI=1S/C19H29NO3/c1-5-22-16-8-10-20(11-9-16)19(21)13-23-18-12-15(4)6-7-17(18)14(2)3/h6-7,12,14,16H,5,8-11,13H2,1-4H3. The van der Waals surface area contributed by atoms with Crippen LogP contribution < -0.4 is 4.74 Å². The average Bonchev–Trinajstić information content (AvgIpc) is 2.53. The van der Waals surface area contributed by atoms with Gasteiger partial charge in [-0.05, 0) is 49.8 Å². The Balaban J connectivity index is 1.89. The Kier molecular flexibility index (Phi) is 6.46. The molecule has 4 heteroatoms. The molecule has 0 aliphatic carbocycles. The Morgan fingerprint density at radius 3 is 2.61 bits per heavy atom. The molecule has 1 saturated heterocycles. The van der Waals surface area contributed by atoms with Crippen LogP contribution in [0.5, 0.6) is 5.75 Å². The van der Waals surface area contributed by atoms with Crippen LogP contribution in [-0.4, -0.2) is 43.2 Å². The van der Waals surface area contributed by atoms with Crippen LogP contribution >= 0.6 is 0 Å². The lowest BCUT2D eigenvalue weighted by atomic mass is 10.0. The first-order valence-corrected chi connectivity index (χ1v) is 8.64. The summed E-state index contributed by atoms with van der Waals surface area (Å²) in [6, 6.07) is 6.19. The predicted octanol–water partition coefficient (Wildman–Crippen LogP) is 3.52. The summed E-state index contributed by atoms with van der Waals surface area (Å²) in [7, 11) is 0. The number of piperidine rings is 1. The van der Waals surface area contributed by atoms with Crippen LogP contribution in [0.4, 0.5) is 0 Å². The van der Waals surface area contributed by atoms with Gasteiger partial charge in [-0.1, -0.05) is 26.0 Å². The van der Waals surface area contributed by atoms with Gasteiger partial charge in [-0.2, -0.15) is 0 Å². The van der Waals surface area contributed by atoms with E-state index in [1.54, 1.807) is 0 Å². The molecule has 1 fully saturated rings. The molecular formula is C19H29NO3. The van der Waals surface area contributed by atoms with Gasteiger partial charge in [0, 0.05) is 19.7 Å². The monoisotopic (exact) mass is 319 g/mol. The van der Waals surface area contributed by atoms with E-state index in [1.165, 1.54) is 0 Å². The Hall–Kier alpha value is -1.55. The van der Waals surface area contributed by atoms with Gasteiger partial charge < -0.3 is 14.4 Å². The third-order valence-corrected chi connectivity index (χ3v) is 4.34. The minimum absolute atomic E-state index is 0.0659. The van der Waals surface area contributed by atoms with Crippen molar-refractivity contribution >= 4 is 5.91 Å². The fraction of sp³-hybridized carbons (Fsp3) is 0.632. The van der Waals surface area contributed by atoms with Gasteiger partial charge in [0.2, 0.25) is 0 Å². The minimum atomic E-state index is 0.0659. The zero-order valence-electron chi connectivity index (χ0n) is 14.8. The number of hydrogen-bond acceptors (Lipinski definition) is 3. The highest BCUT2D eigenvalue weighted by Crippen LogP contribution is 2.27. The normalized spacial score (nSPS) is 16.0. The van der Waals surface area contributed by atoms with Gasteiger partial charge in [0.1, 0.15) is 5.75 Å². The van der Waals surface area contributed by atoms with E-state index >= 15 is 0 Å². The van der Waals surface area contributed by atoms with Crippen LogP contribution in [0.1, 0.15) is 50.7 Å².